The number of nitrogens with one attached hydrogen (secondary N) is 2. The third kappa shape index (κ3) is 2.80. The number of benzene rings is 1. The summed E-state index contributed by atoms with van der Waals surface area (Å²) in [5.41, 5.74) is 2.98. The standard InChI is InChI=1S/C16H25N3O/c1-5-16(8-9-17-11-16)15(20)18-13-7-6-12(2)14(10-13)19(3)4/h6-7,10,17H,5,8-9,11H2,1-4H3,(H,18,20). The van der Waals surface area contributed by atoms with Crippen LogP contribution in [0.15, 0.2) is 18.2 Å². The molecule has 1 atom stereocenters. The molecule has 4 nitrogen and oxygen atoms in total. The van der Waals surface area contributed by atoms with E-state index in [1.165, 1.54) is 5.56 Å². The number of anilines is 2. The highest BCUT2D eigenvalue weighted by atomic mass is 16.2. The Labute approximate surface area is 121 Å². The van der Waals surface area contributed by atoms with E-state index in [0.29, 0.717) is 0 Å². The van der Waals surface area contributed by atoms with Gasteiger partial charge in [0, 0.05) is 32.0 Å². The molecule has 0 bridgehead atoms. The highest BCUT2D eigenvalue weighted by molar-refractivity contribution is 5.96. The van der Waals surface area contributed by atoms with Gasteiger partial charge in [-0.2, -0.15) is 0 Å². The fraction of sp³-hybridized carbons (Fsp3) is 0.562. The molecule has 1 fully saturated rings. The molecule has 110 valence electrons. The van der Waals surface area contributed by atoms with Gasteiger partial charge in [0.15, 0.2) is 0 Å². The van der Waals surface area contributed by atoms with E-state index >= 15 is 0 Å². The number of rotatable bonds is 4. The van der Waals surface area contributed by atoms with Crippen molar-refractivity contribution < 1.29 is 4.79 Å². The van der Waals surface area contributed by atoms with E-state index in [9.17, 15) is 4.79 Å². The summed E-state index contributed by atoms with van der Waals surface area (Å²) < 4.78 is 0. The Morgan fingerprint density at radius 1 is 1.45 bits per heavy atom. The highest BCUT2D eigenvalue weighted by Crippen LogP contribution is 2.31. The first kappa shape index (κ1) is 14.9. The Balaban J connectivity index is 2.17. The molecule has 1 unspecified atom stereocenters. The van der Waals surface area contributed by atoms with Crippen LogP contribution in [0.5, 0.6) is 0 Å². The SMILES string of the molecule is CCC1(C(=O)Nc2ccc(C)c(N(C)C)c2)CCNC1. The summed E-state index contributed by atoms with van der Waals surface area (Å²) in [6.07, 6.45) is 1.79. The van der Waals surface area contributed by atoms with E-state index in [4.69, 9.17) is 0 Å². The molecule has 1 aromatic rings. The molecule has 1 aliphatic rings. The van der Waals surface area contributed by atoms with Gasteiger partial charge in [-0.15, -0.1) is 0 Å². The van der Waals surface area contributed by atoms with Crippen molar-refractivity contribution in [2.45, 2.75) is 26.7 Å². The first-order valence-electron chi connectivity index (χ1n) is 7.29. The van der Waals surface area contributed by atoms with E-state index < -0.39 is 0 Å². The Morgan fingerprint density at radius 3 is 2.75 bits per heavy atom. The molecular formula is C16H25N3O. The Kier molecular flexibility index (Phi) is 4.33. The summed E-state index contributed by atoms with van der Waals surface area (Å²) in [7, 11) is 4.03. The zero-order chi connectivity index (χ0) is 14.8. The third-order valence-electron chi connectivity index (χ3n) is 4.35. The van der Waals surface area contributed by atoms with E-state index in [2.05, 4.69) is 35.4 Å². The molecule has 0 aromatic heterocycles. The van der Waals surface area contributed by atoms with Crippen molar-refractivity contribution in [3.63, 3.8) is 0 Å². The lowest BCUT2D eigenvalue weighted by atomic mass is 9.83. The molecule has 0 spiro atoms. The van der Waals surface area contributed by atoms with Crippen LogP contribution in [-0.4, -0.2) is 33.1 Å². The van der Waals surface area contributed by atoms with Crippen LogP contribution in [0.25, 0.3) is 0 Å². The molecule has 1 aromatic carbocycles. The molecule has 20 heavy (non-hydrogen) atoms. The fourth-order valence-corrected chi connectivity index (χ4v) is 2.83. The molecule has 0 saturated carbocycles. The van der Waals surface area contributed by atoms with Gasteiger partial charge in [0.05, 0.1) is 5.41 Å². The van der Waals surface area contributed by atoms with Crippen molar-refractivity contribution in [3.8, 4) is 0 Å². The minimum Gasteiger partial charge on any atom is -0.377 e. The number of hydrogen-bond donors (Lipinski definition) is 2. The van der Waals surface area contributed by atoms with Crippen LogP contribution in [0.3, 0.4) is 0 Å². The smallest absolute Gasteiger partial charge is 0.231 e. The van der Waals surface area contributed by atoms with Gasteiger partial charge in [0.2, 0.25) is 5.91 Å². The number of carbonyl (C=O) groups excluding carboxylic acids is 1. The quantitative estimate of drug-likeness (QED) is 0.887. The molecule has 2 rings (SSSR count). The van der Waals surface area contributed by atoms with Crippen LogP contribution < -0.4 is 15.5 Å². The van der Waals surface area contributed by atoms with Gasteiger partial charge in [-0.3, -0.25) is 4.79 Å². The van der Waals surface area contributed by atoms with Gasteiger partial charge in [0.25, 0.3) is 0 Å². The van der Waals surface area contributed by atoms with Crippen LogP contribution in [-0.2, 0) is 4.79 Å². The van der Waals surface area contributed by atoms with Gasteiger partial charge < -0.3 is 15.5 Å². The summed E-state index contributed by atoms with van der Waals surface area (Å²) in [4.78, 5) is 14.6. The van der Waals surface area contributed by atoms with E-state index in [-0.39, 0.29) is 11.3 Å². The summed E-state index contributed by atoms with van der Waals surface area (Å²) in [6.45, 7) is 5.88. The maximum absolute atomic E-state index is 12.6. The molecule has 4 heteroatoms. The minimum absolute atomic E-state index is 0.138. The van der Waals surface area contributed by atoms with Gasteiger partial charge in [-0.1, -0.05) is 13.0 Å². The van der Waals surface area contributed by atoms with Crippen LogP contribution in [0.1, 0.15) is 25.3 Å². The Morgan fingerprint density at radius 2 is 2.20 bits per heavy atom. The zero-order valence-electron chi connectivity index (χ0n) is 12.9. The number of nitrogens with zero attached hydrogens (tertiary/aromatic N) is 1. The largest absolute Gasteiger partial charge is 0.377 e. The maximum Gasteiger partial charge on any atom is 0.231 e. The number of hydrogen-bond acceptors (Lipinski definition) is 3. The number of amides is 1. The average molecular weight is 275 g/mol. The molecule has 0 radical (unpaired) electrons. The number of aryl methyl sites for hydroxylation is 1. The minimum atomic E-state index is -0.247. The van der Waals surface area contributed by atoms with Crippen LogP contribution >= 0.6 is 0 Å². The van der Waals surface area contributed by atoms with Crippen LogP contribution in [0.4, 0.5) is 11.4 Å². The predicted molar refractivity (Wildman–Crippen MR) is 84.3 cm³/mol. The van der Waals surface area contributed by atoms with E-state index in [1.807, 2.05) is 26.2 Å². The molecule has 2 N–H and O–H groups in total. The molecular weight excluding hydrogens is 250 g/mol. The third-order valence-corrected chi connectivity index (χ3v) is 4.35. The molecule has 1 aliphatic heterocycles. The lowest BCUT2D eigenvalue weighted by Crippen LogP contribution is -2.37. The topological polar surface area (TPSA) is 44.4 Å². The van der Waals surface area contributed by atoms with Crippen molar-refractivity contribution in [1.29, 1.82) is 0 Å². The second-order valence-electron chi connectivity index (χ2n) is 5.91. The first-order chi connectivity index (χ1) is 9.48. The summed E-state index contributed by atoms with van der Waals surface area (Å²) in [5.74, 6) is 0.138. The Bertz CT molecular complexity index is 490. The second kappa shape index (κ2) is 5.83. The Hall–Kier alpha value is -1.55. The lowest BCUT2D eigenvalue weighted by molar-refractivity contribution is -0.124. The molecule has 1 heterocycles. The van der Waals surface area contributed by atoms with E-state index in [1.54, 1.807) is 0 Å². The van der Waals surface area contributed by atoms with E-state index in [0.717, 1.165) is 37.3 Å². The highest BCUT2D eigenvalue weighted by Gasteiger charge is 2.39. The predicted octanol–water partition coefficient (Wildman–Crippen LogP) is 2.39. The van der Waals surface area contributed by atoms with Gasteiger partial charge >= 0.3 is 0 Å². The average Bonchev–Trinajstić information content (AvgIpc) is 2.90. The summed E-state index contributed by atoms with van der Waals surface area (Å²) >= 11 is 0. The maximum atomic E-state index is 12.6. The number of carbonyl (C=O) groups is 1. The summed E-state index contributed by atoms with van der Waals surface area (Å²) in [6, 6.07) is 6.07. The molecule has 1 amide bonds. The van der Waals surface area contributed by atoms with Crippen molar-refractivity contribution in [2.75, 3.05) is 37.4 Å². The van der Waals surface area contributed by atoms with Crippen molar-refractivity contribution in [2.24, 2.45) is 5.41 Å². The molecule has 1 saturated heterocycles. The van der Waals surface area contributed by atoms with Crippen LogP contribution in [0.2, 0.25) is 0 Å². The second-order valence-corrected chi connectivity index (χ2v) is 5.91. The lowest BCUT2D eigenvalue weighted by Gasteiger charge is -2.26. The van der Waals surface area contributed by atoms with Gasteiger partial charge in [-0.05, 0) is 44.0 Å². The monoisotopic (exact) mass is 275 g/mol. The fourth-order valence-electron chi connectivity index (χ4n) is 2.83. The normalized spacial score (nSPS) is 21.8. The van der Waals surface area contributed by atoms with Gasteiger partial charge in [-0.25, -0.2) is 0 Å². The van der Waals surface area contributed by atoms with Crippen molar-refractivity contribution in [1.82, 2.24) is 5.32 Å². The van der Waals surface area contributed by atoms with Crippen molar-refractivity contribution in [3.05, 3.63) is 23.8 Å². The zero-order valence-corrected chi connectivity index (χ0v) is 12.9. The van der Waals surface area contributed by atoms with Crippen LogP contribution in [0, 0.1) is 12.3 Å². The van der Waals surface area contributed by atoms with Gasteiger partial charge in [0.1, 0.15) is 0 Å². The summed E-state index contributed by atoms with van der Waals surface area (Å²) in [5, 5.41) is 6.39. The first-order valence-corrected chi connectivity index (χ1v) is 7.29. The van der Waals surface area contributed by atoms with Crippen molar-refractivity contribution >= 4 is 17.3 Å². The molecule has 0 aliphatic carbocycles.